The summed E-state index contributed by atoms with van der Waals surface area (Å²) in [5, 5.41) is 3.67. The first-order valence-corrected chi connectivity index (χ1v) is 7.04. The molecule has 0 atom stereocenters. The number of benzene rings is 1. The molecule has 1 aliphatic carbocycles. The number of ether oxygens (including phenoxy) is 2. The van der Waals surface area contributed by atoms with Gasteiger partial charge < -0.3 is 14.8 Å². The maximum atomic E-state index is 5.39. The Morgan fingerprint density at radius 1 is 1.06 bits per heavy atom. The molecule has 1 aliphatic heterocycles. The highest BCUT2D eigenvalue weighted by Crippen LogP contribution is 2.32. The third kappa shape index (κ3) is 2.78. The van der Waals surface area contributed by atoms with Crippen LogP contribution in [0.4, 0.5) is 0 Å². The van der Waals surface area contributed by atoms with Crippen molar-refractivity contribution in [1.29, 1.82) is 0 Å². The fourth-order valence-electron chi connectivity index (χ4n) is 2.82. The molecule has 0 saturated heterocycles. The van der Waals surface area contributed by atoms with Crippen LogP contribution in [0, 0.1) is 0 Å². The Kier molecular flexibility index (Phi) is 3.69. The molecule has 1 aromatic rings. The Labute approximate surface area is 108 Å². The van der Waals surface area contributed by atoms with Crippen LogP contribution in [0.2, 0.25) is 0 Å². The molecule has 1 aromatic carbocycles. The molecule has 2 aliphatic rings. The maximum Gasteiger partial charge on any atom is 0.231 e. The molecule has 0 aromatic heterocycles. The van der Waals surface area contributed by atoms with Crippen LogP contribution in [-0.2, 0) is 6.42 Å². The van der Waals surface area contributed by atoms with Gasteiger partial charge in [-0.2, -0.15) is 0 Å². The highest BCUT2D eigenvalue weighted by molar-refractivity contribution is 5.44. The average molecular weight is 247 g/mol. The van der Waals surface area contributed by atoms with Crippen molar-refractivity contribution in [2.24, 2.45) is 0 Å². The molecule has 0 amide bonds. The summed E-state index contributed by atoms with van der Waals surface area (Å²) in [7, 11) is 0. The molecule has 98 valence electrons. The van der Waals surface area contributed by atoms with Crippen LogP contribution in [-0.4, -0.2) is 19.4 Å². The summed E-state index contributed by atoms with van der Waals surface area (Å²) in [6.45, 7) is 1.42. The van der Waals surface area contributed by atoms with Crippen molar-refractivity contribution >= 4 is 0 Å². The van der Waals surface area contributed by atoms with Crippen LogP contribution in [0.1, 0.15) is 37.7 Å². The van der Waals surface area contributed by atoms with E-state index in [1.54, 1.807) is 0 Å². The van der Waals surface area contributed by atoms with Crippen molar-refractivity contribution in [1.82, 2.24) is 5.32 Å². The summed E-state index contributed by atoms with van der Waals surface area (Å²) in [6, 6.07) is 6.99. The number of rotatable bonds is 4. The number of hydrogen-bond acceptors (Lipinski definition) is 3. The normalized spacial score (nSPS) is 19.1. The zero-order valence-electron chi connectivity index (χ0n) is 10.8. The van der Waals surface area contributed by atoms with Gasteiger partial charge in [-0.3, -0.25) is 0 Å². The number of nitrogens with one attached hydrogen (secondary N) is 1. The molecule has 1 fully saturated rings. The van der Waals surface area contributed by atoms with E-state index in [0.717, 1.165) is 30.5 Å². The first-order valence-electron chi connectivity index (χ1n) is 7.04. The lowest BCUT2D eigenvalue weighted by molar-refractivity contribution is 0.174. The Morgan fingerprint density at radius 2 is 1.89 bits per heavy atom. The molecular weight excluding hydrogens is 226 g/mol. The molecule has 0 radical (unpaired) electrons. The van der Waals surface area contributed by atoms with Gasteiger partial charge in [0.2, 0.25) is 6.79 Å². The monoisotopic (exact) mass is 247 g/mol. The van der Waals surface area contributed by atoms with Crippen molar-refractivity contribution in [3.63, 3.8) is 0 Å². The van der Waals surface area contributed by atoms with Gasteiger partial charge >= 0.3 is 0 Å². The van der Waals surface area contributed by atoms with E-state index in [0.29, 0.717) is 6.79 Å². The van der Waals surface area contributed by atoms with Gasteiger partial charge in [0.05, 0.1) is 0 Å². The summed E-state index contributed by atoms with van der Waals surface area (Å²) >= 11 is 0. The lowest BCUT2D eigenvalue weighted by Crippen LogP contribution is -2.32. The van der Waals surface area contributed by atoms with Crippen LogP contribution in [0.25, 0.3) is 0 Å². The van der Waals surface area contributed by atoms with Gasteiger partial charge in [0.25, 0.3) is 0 Å². The standard InChI is InChI=1S/C15H21NO2/c1-2-4-13(5-3-1)16-9-8-12-6-7-14-15(10-12)18-11-17-14/h6-7,10,13,16H,1-5,8-9,11H2. The highest BCUT2D eigenvalue weighted by atomic mass is 16.7. The Bertz CT molecular complexity index is 399. The van der Waals surface area contributed by atoms with Crippen LogP contribution in [0.5, 0.6) is 11.5 Å². The predicted molar refractivity (Wildman–Crippen MR) is 71.1 cm³/mol. The minimum absolute atomic E-state index is 0.360. The molecule has 1 N–H and O–H groups in total. The van der Waals surface area contributed by atoms with Crippen molar-refractivity contribution < 1.29 is 9.47 Å². The van der Waals surface area contributed by atoms with E-state index in [-0.39, 0.29) is 0 Å². The second-order valence-electron chi connectivity index (χ2n) is 5.23. The highest BCUT2D eigenvalue weighted by Gasteiger charge is 2.14. The summed E-state index contributed by atoms with van der Waals surface area (Å²) in [5.74, 6) is 1.77. The summed E-state index contributed by atoms with van der Waals surface area (Å²) in [5.41, 5.74) is 1.32. The first-order chi connectivity index (χ1) is 8.92. The molecule has 0 bridgehead atoms. The predicted octanol–water partition coefficient (Wildman–Crippen LogP) is 2.88. The largest absolute Gasteiger partial charge is 0.454 e. The number of hydrogen-bond donors (Lipinski definition) is 1. The lowest BCUT2D eigenvalue weighted by Gasteiger charge is -2.22. The summed E-state index contributed by atoms with van der Waals surface area (Å²) < 4.78 is 10.7. The topological polar surface area (TPSA) is 30.5 Å². The second-order valence-corrected chi connectivity index (χ2v) is 5.23. The van der Waals surface area contributed by atoms with Crippen LogP contribution in [0.15, 0.2) is 18.2 Å². The Hall–Kier alpha value is -1.22. The molecule has 3 heteroatoms. The van der Waals surface area contributed by atoms with Gasteiger partial charge in [-0.15, -0.1) is 0 Å². The fraction of sp³-hybridized carbons (Fsp3) is 0.600. The van der Waals surface area contributed by atoms with E-state index in [4.69, 9.17) is 9.47 Å². The molecule has 0 unspecified atom stereocenters. The molecule has 3 nitrogen and oxygen atoms in total. The smallest absolute Gasteiger partial charge is 0.231 e. The Morgan fingerprint density at radius 3 is 2.78 bits per heavy atom. The Balaban J connectivity index is 1.48. The van der Waals surface area contributed by atoms with E-state index in [1.165, 1.54) is 37.7 Å². The van der Waals surface area contributed by atoms with Crippen molar-refractivity contribution in [2.75, 3.05) is 13.3 Å². The van der Waals surface area contributed by atoms with Gasteiger partial charge in [0.1, 0.15) is 0 Å². The van der Waals surface area contributed by atoms with E-state index in [2.05, 4.69) is 17.4 Å². The molecule has 3 rings (SSSR count). The summed E-state index contributed by atoms with van der Waals surface area (Å²) in [6.07, 6.45) is 7.96. The van der Waals surface area contributed by atoms with E-state index in [1.807, 2.05) is 6.07 Å². The van der Waals surface area contributed by atoms with E-state index in [9.17, 15) is 0 Å². The van der Waals surface area contributed by atoms with Gasteiger partial charge in [-0.1, -0.05) is 25.3 Å². The minimum atomic E-state index is 0.360. The fourth-order valence-corrected chi connectivity index (χ4v) is 2.82. The van der Waals surface area contributed by atoms with Gasteiger partial charge in [0, 0.05) is 6.04 Å². The van der Waals surface area contributed by atoms with E-state index >= 15 is 0 Å². The van der Waals surface area contributed by atoms with Crippen LogP contribution >= 0.6 is 0 Å². The van der Waals surface area contributed by atoms with Crippen LogP contribution in [0.3, 0.4) is 0 Å². The van der Waals surface area contributed by atoms with Gasteiger partial charge in [-0.05, 0) is 43.5 Å². The van der Waals surface area contributed by atoms with Crippen molar-refractivity contribution in [3.05, 3.63) is 23.8 Å². The first kappa shape index (κ1) is 11.8. The van der Waals surface area contributed by atoms with Crippen LogP contribution < -0.4 is 14.8 Å². The molecule has 18 heavy (non-hydrogen) atoms. The number of fused-ring (bicyclic) bond motifs is 1. The summed E-state index contributed by atoms with van der Waals surface area (Å²) in [4.78, 5) is 0. The molecule has 1 heterocycles. The molecular formula is C15H21NO2. The van der Waals surface area contributed by atoms with Gasteiger partial charge in [-0.25, -0.2) is 0 Å². The maximum absolute atomic E-state index is 5.39. The molecule has 1 saturated carbocycles. The van der Waals surface area contributed by atoms with E-state index < -0.39 is 0 Å². The zero-order chi connectivity index (χ0) is 12.2. The molecule has 0 spiro atoms. The van der Waals surface area contributed by atoms with Crippen molar-refractivity contribution in [3.8, 4) is 11.5 Å². The SMILES string of the molecule is c1cc2c(cc1CCNC1CCCCC1)OCO2. The lowest BCUT2D eigenvalue weighted by atomic mass is 9.95. The van der Waals surface area contributed by atoms with Gasteiger partial charge in [0.15, 0.2) is 11.5 Å². The third-order valence-electron chi connectivity index (χ3n) is 3.89. The quantitative estimate of drug-likeness (QED) is 0.887. The third-order valence-corrected chi connectivity index (χ3v) is 3.89. The van der Waals surface area contributed by atoms with Crippen molar-refractivity contribution in [2.45, 2.75) is 44.6 Å². The average Bonchev–Trinajstić information content (AvgIpc) is 2.87. The zero-order valence-corrected chi connectivity index (χ0v) is 10.8. The minimum Gasteiger partial charge on any atom is -0.454 e. The second kappa shape index (κ2) is 5.61.